The average molecular weight is 463 g/mol. The van der Waals surface area contributed by atoms with E-state index in [1.807, 2.05) is 12.1 Å². The van der Waals surface area contributed by atoms with Gasteiger partial charge in [0.25, 0.3) is 11.8 Å². The van der Waals surface area contributed by atoms with Gasteiger partial charge in [0.05, 0.1) is 28.4 Å². The Morgan fingerprint density at radius 3 is 2.21 bits per heavy atom. The maximum atomic E-state index is 13.4. The summed E-state index contributed by atoms with van der Waals surface area (Å²) in [7, 11) is 6.15. The molecule has 8 nitrogen and oxygen atoms in total. The van der Waals surface area contributed by atoms with E-state index >= 15 is 0 Å². The normalized spacial score (nSPS) is 14.8. The summed E-state index contributed by atoms with van der Waals surface area (Å²) in [6, 6.07) is 12.5. The fraction of sp³-hybridized carbons (Fsp3) is 0.269. The van der Waals surface area contributed by atoms with Crippen LogP contribution >= 0.6 is 0 Å². The number of nitriles is 1. The van der Waals surface area contributed by atoms with Crippen LogP contribution in [0.1, 0.15) is 18.1 Å². The predicted molar refractivity (Wildman–Crippen MR) is 126 cm³/mol. The highest BCUT2D eigenvalue weighted by molar-refractivity contribution is 6.19. The van der Waals surface area contributed by atoms with E-state index in [0.29, 0.717) is 40.6 Å². The number of benzene rings is 2. The Hall–Kier alpha value is -4.25. The van der Waals surface area contributed by atoms with E-state index < -0.39 is 11.8 Å². The van der Waals surface area contributed by atoms with Crippen LogP contribution in [0.15, 0.2) is 53.1 Å². The quantitative estimate of drug-likeness (QED) is 0.437. The highest BCUT2D eigenvalue weighted by Gasteiger charge is 2.35. The molecule has 0 spiro atoms. The molecule has 0 saturated carbocycles. The number of hydrogen-bond acceptors (Lipinski definition) is 7. The van der Waals surface area contributed by atoms with Crippen LogP contribution in [0.4, 0.5) is 0 Å². The maximum Gasteiger partial charge on any atom is 0.271 e. The van der Waals surface area contributed by atoms with Gasteiger partial charge in [-0.25, -0.2) is 0 Å². The molecular weight excluding hydrogens is 436 g/mol. The molecule has 2 aromatic rings. The first kappa shape index (κ1) is 24.4. The van der Waals surface area contributed by atoms with E-state index in [1.54, 1.807) is 57.6 Å². The molecule has 0 unspecified atom stereocenters. The zero-order chi connectivity index (χ0) is 24.8. The van der Waals surface area contributed by atoms with Gasteiger partial charge in [-0.2, -0.15) is 5.26 Å². The zero-order valence-corrected chi connectivity index (χ0v) is 19.8. The molecule has 0 saturated heterocycles. The Balaban J connectivity index is 1.96. The van der Waals surface area contributed by atoms with E-state index in [9.17, 15) is 14.9 Å². The number of hydrogen-bond donors (Lipinski definition) is 0. The van der Waals surface area contributed by atoms with Gasteiger partial charge in [-0.1, -0.05) is 6.07 Å². The molecule has 0 fully saturated rings. The van der Waals surface area contributed by atoms with Gasteiger partial charge >= 0.3 is 0 Å². The summed E-state index contributed by atoms with van der Waals surface area (Å²) in [6.45, 7) is 1.70. The fourth-order valence-electron chi connectivity index (χ4n) is 3.70. The van der Waals surface area contributed by atoms with Gasteiger partial charge in [-0.3, -0.25) is 14.5 Å². The summed E-state index contributed by atoms with van der Waals surface area (Å²) in [5.74, 6) is 1.16. The number of imide groups is 1. The van der Waals surface area contributed by atoms with E-state index in [1.165, 1.54) is 14.2 Å². The predicted octanol–water partition coefficient (Wildman–Crippen LogP) is 3.56. The molecule has 2 aromatic carbocycles. The van der Waals surface area contributed by atoms with Crippen LogP contribution in [-0.2, 0) is 16.0 Å². The van der Waals surface area contributed by atoms with Crippen molar-refractivity contribution in [3.05, 3.63) is 64.2 Å². The average Bonchev–Trinajstić information content (AvgIpc) is 2.86. The zero-order valence-electron chi connectivity index (χ0n) is 19.8. The van der Waals surface area contributed by atoms with E-state index in [2.05, 4.69) is 0 Å². The van der Waals surface area contributed by atoms with Crippen molar-refractivity contribution < 1.29 is 28.5 Å². The molecule has 8 heteroatoms. The largest absolute Gasteiger partial charge is 0.497 e. The van der Waals surface area contributed by atoms with Crippen LogP contribution in [0, 0.1) is 11.3 Å². The number of ether oxygens (including phenoxy) is 4. The second-order valence-corrected chi connectivity index (χ2v) is 7.48. The lowest BCUT2D eigenvalue weighted by atomic mass is 9.93. The van der Waals surface area contributed by atoms with Gasteiger partial charge < -0.3 is 18.9 Å². The molecule has 0 radical (unpaired) electrons. The minimum atomic E-state index is -0.607. The Morgan fingerprint density at radius 2 is 1.59 bits per heavy atom. The number of methoxy groups -OCH3 is 4. The molecule has 3 rings (SSSR count). The van der Waals surface area contributed by atoms with Crippen molar-refractivity contribution in [2.24, 2.45) is 0 Å². The molecule has 34 heavy (non-hydrogen) atoms. The van der Waals surface area contributed by atoms with Crippen LogP contribution in [0.5, 0.6) is 23.0 Å². The summed E-state index contributed by atoms with van der Waals surface area (Å²) in [6.07, 6.45) is 2.01. The van der Waals surface area contributed by atoms with Crippen molar-refractivity contribution in [1.82, 2.24) is 4.90 Å². The first-order chi connectivity index (χ1) is 16.4. The van der Waals surface area contributed by atoms with Gasteiger partial charge in [0.2, 0.25) is 0 Å². The molecule has 1 aliphatic rings. The van der Waals surface area contributed by atoms with Crippen LogP contribution in [0.2, 0.25) is 0 Å². The Bertz CT molecular complexity index is 1220. The highest BCUT2D eigenvalue weighted by atomic mass is 16.5. The number of carbonyl (C=O) groups is 2. The molecule has 0 aliphatic carbocycles. The van der Waals surface area contributed by atoms with Crippen LogP contribution < -0.4 is 18.9 Å². The minimum absolute atomic E-state index is 0.0642. The summed E-state index contributed by atoms with van der Waals surface area (Å²) < 4.78 is 21.2. The molecule has 0 N–H and O–H groups in total. The second kappa shape index (κ2) is 10.6. The molecule has 0 bridgehead atoms. The highest BCUT2D eigenvalue weighted by Crippen LogP contribution is 2.32. The van der Waals surface area contributed by atoms with Crippen molar-refractivity contribution in [2.45, 2.75) is 13.3 Å². The minimum Gasteiger partial charge on any atom is -0.497 e. The number of carbonyl (C=O) groups excluding carboxylic acids is 2. The summed E-state index contributed by atoms with van der Waals surface area (Å²) in [4.78, 5) is 27.4. The van der Waals surface area contributed by atoms with Gasteiger partial charge in [-0.15, -0.1) is 0 Å². The van der Waals surface area contributed by atoms with Crippen molar-refractivity contribution in [3.8, 4) is 29.1 Å². The van der Waals surface area contributed by atoms with Gasteiger partial charge in [-0.05, 0) is 54.8 Å². The lowest BCUT2D eigenvalue weighted by Crippen LogP contribution is -2.43. The van der Waals surface area contributed by atoms with Gasteiger partial charge in [0, 0.05) is 23.7 Å². The molecular formula is C26H26N2O6. The van der Waals surface area contributed by atoms with Crippen LogP contribution in [-0.4, -0.2) is 51.7 Å². The van der Waals surface area contributed by atoms with Crippen molar-refractivity contribution >= 4 is 17.9 Å². The lowest BCUT2D eigenvalue weighted by molar-refractivity contribution is -0.140. The SMILES string of the molecule is COc1ccc(/C=C2/C(=O)N(CCc3ccc(OC)c(OC)c3)C(=O)C(C#N)=C2C)c(OC)c1. The summed E-state index contributed by atoms with van der Waals surface area (Å²) in [5, 5.41) is 9.63. The maximum absolute atomic E-state index is 13.4. The number of nitrogens with zero attached hydrogens (tertiary/aromatic N) is 2. The third-order valence-electron chi connectivity index (χ3n) is 5.64. The Labute approximate surface area is 198 Å². The van der Waals surface area contributed by atoms with Gasteiger partial charge in [0.15, 0.2) is 11.5 Å². The van der Waals surface area contributed by atoms with E-state index in [4.69, 9.17) is 18.9 Å². The smallest absolute Gasteiger partial charge is 0.271 e. The molecule has 1 heterocycles. The molecule has 176 valence electrons. The molecule has 0 aromatic heterocycles. The lowest BCUT2D eigenvalue weighted by Gasteiger charge is -2.27. The van der Waals surface area contributed by atoms with Crippen LogP contribution in [0.3, 0.4) is 0 Å². The van der Waals surface area contributed by atoms with E-state index in [0.717, 1.165) is 10.5 Å². The summed E-state index contributed by atoms with van der Waals surface area (Å²) >= 11 is 0. The van der Waals surface area contributed by atoms with Crippen molar-refractivity contribution in [2.75, 3.05) is 35.0 Å². The topological polar surface area (TPSA) is 98.1 Å². The van der Waals surface area contributed by atoms with Crippen LogP contribution in [0.25, 0.3) is 6.08 Å². The monoisotopic (exact) mass is 462 g/mol. The fourth-order valence-corrected chi connectivity index (χ4v) is 3.70. The second-order valence-electron chi connectivity index (χ2n) is 7.48. The third kappa shape index (κ3) is 4.74. The number of rotatable bonds is 8. The van der Waals surface area contributed by atoms with Crippen molar-refractivity contribution in [3.63, 3.8) is 0 Å². The van der Waals surface area contributed by atoms with Crippen molar-refractivity contribution in [1.29, 1.82) is 5.26 Å². The number of amides is 2. The molecule has 1 aliphatic heterocycles. The van der Waals surface area contributed by atoms with Gasteiger partial charge in [0.1, 0.15) is 23.1 Å². The summed E-state index contributed by atoms with van der Waals surface area (Å²) in [5.41, 5.74) is 2.00. The molecule has 0 atom stereocenters. The first-order valence-corrected chi connectivity index (χ1v) is 10.5. The third-order valence-corrected chi connectivity index (χ3v) is 5.64. The first-order valence-electron chi connectivity index (χ1n) is 10.5. The Morgan fingerprint density at radius 1 is 0.882 bits per heavy atom. The standard InChI is InChI=1S/C26H26N2O6/c1-16-20(13-18-7-8-19(31-2)14-23(18)33-4)25(29)28(26(30)21(16)15-27)11-10-17-6-9-22(32-3)24(12-17)34-5/h6-9,12-14H,10-11H2,1-5H3/b20-13+. The molecule has 2 amide bonds. The Kier molecular flexibility index (Phi) is 7.59. The van der Waals surface area contributed by atoms with E-state index in [-0.39, 0.29) is 17.7 Å².